The van der Waals surface area contributed by atoms with Gasteiger partial charge in [-0.05, 0) is 30.9 Å². The van der Waals surface area contributed by atoms with Crippen LogP contribution >= 0.6 is 0 Å². The number of aldehydes is 1. The third-order valence-electron chi connectivity index (χ3n) is 2.43. The first-order valence-corrected chi connectivity index (χ1v) is 10.3. The van der Waals surface area contributed by atoms with Gasteiger partial charge >= 0.3 is 5.97 Å². The number of hydrogen-bond acceptors (Lipinski definition) is 3. The second kappa shape index (κ2) is 9.08. The maximum Gasteiger partial charge on any atom is 0.302 e. The fourth-order valence-electron chi connectivity index (χ4n) is 1.74. The molecule has 0 bridgehead atoms. The Bertz CT molecular complexity index is 290. The molecule has 0 aromatic carbocycles. The lowest BCUT2D eigenvalue weighted by Gasteiger charge is -2.18. The summed E-state index contributed by atoms with van der Waals surface area (Å²) in [6.45, 7) is 8.78. The highest BCUT2D eigenvalue weighted by Crippen LogP contribution is 2.18. The van der Waals surface area contributed by atoms with Crippen molar-refractivity contribution < 1.29 is 14.3 Å². The Morgan fingerprint density at radius 1 is 1.17 bits per heavy atom. The molecule has 0 aromatic rings. The molecule has 0 amide bonds. The molecule has 0 N–H and O–H groups in total. The van der Waals surface area contributed by atoms with Crippen molar-refractivity contribution in [3.05, 3.63) is 11.6 Å². The van der Waals surface area contributed by atoms with Crippen molar-refractivity contribution in [1.82, 2.24) is 0 Å². The van der Waals surface area contributed by atoms with Crippen molar-refractivity contribution in [3.8, 4) is 0 Å². The van der Waals surface area contributed by atoms with Gasteiger partial charge in [-0.1, -0.05) is 25.7 Å². The minimum absolute atomic E-state index is 0.225. The van der Waals surface area contributed by atoms with Crippen LogP contribution in [0.3, 0.4) is 0 Å². The second-order valence-corrected chi connectivity index (χ2v) is 11.3. The third kappa shape index (κ3) is 11.6. The number of unbranched alkanes of at least 4 members (excludes halogenated alkanes) is 3. The molecule has 0 aliphatic rings. The zero-order chi connectivity index (χ0) is 14.0. The molecular weight excluding hydrogens is 244 g/mol. The van der Waals surface area contributed by atoms with Crippen LogP contribution in [-0.4, -0.2) is 26.9 Å². The van der Waals surface area contributed by atoms with Crippen LogP contribution in [0.1, 0.15) is 32.6 Å². The highest BCUT2D eigenvalue weighted by atomic mass is 28.3. The second-order valence-electron chi connectivity index (χ2n) is 5.83. The summed E-state index contributed by atoms with van der Waals surface area (Å²) in [5.74, 6) is -0.225. The van der Waals surface area contributed by atoms with Gasteiger partial charge in [-0.3, -0.25) is 4.79 Å². The number of carbonyl (C=O) groups excluding carboxylic acids is 2. The average Bonchev–Trinajstić information content (AvgIpc) is 2.23. The van der Waals surface area contributed by atoms with Crippen molar-refractivity contribution in [3.63, 3.8) is 0 Å². The maximum absolute atomic E-state index is 10.9. The number of carbonyl (C=O) groups is 2. The van der Waals surface area contributed by atoms with Gasteiger partial charge in [0.2, 0.25) is 0 Å². The van der Waals surface area contributed by atoms with E-state index in [4.69, 9.17) is 4.74 Å². The van der Waals surface area contributed by atoms with Gasteiger partial charge < -0.3 is 9.53 Å². The summed E-state index contributed by atoms with van der Waals surface area (Å²) in [5, 5.41) is 0. The summed E-state index contributed by atoms with van der Waals surface area (Å²) in [6, 6.07) is 1.06. The zero-order valence-corrected chi connectivity index (χ0v) is 13.1. The van der Waals surface area contributed by atoms with Gasteiger partial charge in [-0.25, -0.2) is 0 Å². The van der Waals surface area contributed by atoms with Crippen molar-refractivity contribution >= 4 is 20.3 Å². The molecule has 0 saturated carbocycles. The van der Waals surface area contributed by atoms with E-state index in [9.17, 15) is 9.59 Å². The Hall–Kier alpha value is -0.903. The summed E-state index contributed by atoms with van der Waals surface area (Å²) < 4.78 is 5.09. The van der Waals surface area contributed by atoms with Crippen LogP contribution in [0.5, 0.6) is 0 Å². The molecule has 0 rings (SSSR count). The van der Waals surface area contributed by atoms with Gasteiger partial charge in [0.05, 0.1) is 0 Å². The summed E-state index contributed by atoms with van der Waals surface area (Å²) in [7, 11) is -1.18. The fraction of sp³-hybridized carbons (Fsp3) is 0.714. The van der Waals surface area contributed by atoms with Crippen molar-refractivity contribution in [1.29, 1.82) is 0 Å². The predicted octanol–water partition coefficient (Wildman–Crippen LogP) is 3.57. The average molecular weight is 270 g/mol. The molecule has 0 heterocycles. The molecule has 0 radical (unpaired) electrons. The Kier molecular flexibility index (Phi) is 8.63. The van der Waals surface area contributed by atoms with Gasteiger partial charge in [-0.15, -0.1) is 0 Å². The molecule has 0 atom stereocenters. The first-order chi connectivity index (χ1) is 8.35. The molecule has 3 nitrogen and oxygen atoms in total. The van der Waals surface area contributed by atoms with Crippen LogP contribution in [0, 0.1) is 0 Å². The molecule has 4 heteroatoms. The van der Waals surface area contributed by atoms with Crippen LogP contribution in [0.4, 0.5) is 0 Å². The minimum atomic E-state index is -1.18. The van der Waals surface area contributed by atoms with E-state index >= 15 is 0 Å². The lowest BCUT2D eigenvalue weighted by Crippen LogP contribution is -2.21. The molecule has 0 aromatic heterocycles. The first kappa shape index (κ1) is 17.1. The van der Waals surface area contributed by atoms with Crippen molar-refractivity contribution in [2.45, 2.75) is 58.3 Å². The fourth-order valence-corrected chi connectivity index (χ4v) is 3.34. The maximum atomic E-state index is 10.9. The molecule has 0 fully saturated rings. The van der Waals surface area contributed by atoms with E-state index in [-0.39, 0.29) is 5.97 Å². The molecule has 0 spiro atoms. The van der Waals surface area contributed by atoms with Crippen molar-refractivity contribution in [2.24, 2.45) is 0 Å². The van der Waals surface area contributed by atoms with Gasteiger partial charge in [0, 0.05) is 21.4 Å². The summed E-state index contributed by atoms with van der Waals surface area (Å²) in [4.78, 5) is 21.1. The largest absolute Gasteiger partial charge is 0.461 e. The van der Waals surface area contributed by atoms with Crippen LogP contribution in [0.2, 0.25) is 25.7 Å². The number of rotatable bonds is 9. The number of esters is 1. The van der Waals surface area contributed by atoms with Crippen molar-refractivity contribution in [2.75, 3.05) is 6.61 Å². The SMILES string of the molecule is CC(=O)OC/C(=C\CCCCC=O)C[Si](C)(C)C. The molecule has 0 aliphatic carbocycles. The van der Waals surface area contributed by atoms with Gasteiger partial charge in [0.15, 0.2) is 0 Å². The highest BCUT2D eigenvalue weighted by Gasteiger charge is 2.16. The number of ether oxygens (including phenoxy) is 1. The van der Waals surface area contributed by atoms with E-state index in [0.29, 0.717) is 13.0 Å². The molecule has 0 aliphatic heterocycles. The van der Waals surface area contributed by atoms with E-state index in [2.05, 4.69) is 25.7 Å². The molecule has 104 valence electrons. The van der Waals surface area contributed by atoms with Gasteiger partial charge in [0.1, 0.15) is 12.9 Å². The normalized spacial score (nSPS) is 12.3. The third-order valence-corrected chi connectivity index (χ3v) is 3.94. The predicted molar refractivity (Wildman–Crippen MR) is 77.4 cm³/mol. The highest BCUT2D eigenvalue weighted by molar-refractivity contribution is 6.76. The van der Waals surface area contributed by atoms with Crippen LogP contribution in [-0.2, 0) is 14.3 Å². The molecular formula is C14H26O3Si. The first-order valence-electron chi connectivity index (χ1n) is 6.60. The van der Waals surface area contributed by atoms with Crippen LogP contribution in [0.15, 0.2) is 11.6 Å². The minimum Gasteiger partial charge on any atom is -0.461 e. The van der Waals surface area contributed by atoms with E-state index in [1.807, 2.05) is 0 Å². The number of allylic oxidation sites excluding steroid dienone is 1. The summed E-state index contributed by atoms with van der Waals surface area (Å²) in [5.41, 5.74) is 1.23. The van der Waals surface area contributed by atoms with Gasteiger partial charge in [0.25, 0.3) is 0 Å². The quantitative estimate of drug-likeness (QED) is 0.211. The number of hydrogen-bond donors (Lipinski definition) is 0. The summed E-state index contributed by atoms with van der Waals surface area (Å²) >= 11 is 0. The van der Waals surface area contributed by atoms with Gasteiger partial charge in [-0.2, -0.15) is 0 Å². The lowest BCUT2D eigenvalue weighted by molar-refractivity contribution is -0.140. The molecule has 18 heavy (non-hydrogen) atoms. The van der Waals surface area contributed by atoms with Crippen LogP contribution in [0.25, 0.3) is 0 Å². The monoisotopic (exact) mass is 270 g/mol. The van der Waals surface area contributed by atoms with E-state index in [0.717, 1.165) is 31.6 Å². The van der Waals surface area contributed by atoms with Crippen LogP contribution < -0.4 is 0 Å². The Morgan fingerprint density at radius 2 is 1.78 bits per heavy atom. The Labute approximate surface area is 112 Å². The standard InChI is InChI=1S/C14H26O3Si/c1-13(16)17-11-14(12-18(2,3)4)9-7-5-6-8-10-15/h9-10H,5-8,11-12H2,1-4H3/b14-9+. The Morgan fingerprint density at radius 3 is 2.28 bits per heavy atom. The summed E-state index contributed by atoms with van der Waals surface area (Å²) in [6.07, 6.45) is 6.72. The molecule has 0 unspecified atom stereocenters. The van der Waals surface area contributed by atoms with E-state index in [1.165, 1.54) is 12.5 Å². The smallest absolute Gasteiger partial charge is 0.302 e. The molecule has 0 saturated heterocycles. The Balaban J connectivity index is 4.21. The van der Waals surface area contributed by atoms with E-state index in [1.54, 1.807) is 0 Å². The van der Waals surface area contributed by atoms with E-state index < -0.39 is 8.07 Å². The lowest BCUT2D eigenvalue weighted by atomic mass is 10.1. The topological polar surface area (TPSA) is 43.4 Å². The zero-order valence-electron chi connectivity index (χ0n) is 12.1.